The monoisotopic (exact) mass is 413 g/mol. The van der Waals surface area contributed by atoms with Crippen LogP contribution >= 0.6 is 0 Å². The number of esters is 4. The second-order valence-corrected chi connectivity index (χ2v) is 9.79. The van der Waals surface area contributed by atoms with Crippen LogP contribution in [0.2, 0.25) is 0 Å². The molecule has 0 bridgehead atoms. The van der Waals surface area contributed by atoms with Crippen LogP contribution in [0.4, 0.5) is 0 Å². The third kappa shape index (κ3) is 5.07. The fourth-order valence-corrected chi connectivity index (χ4v) is 3.51. The van der Waals surface area contributed by atoms with E-state index in [0.29, 0.717) is 12.8 Å². The van der Waals surface area contributed by atoms with Crippen molar-refractivity contribution in [2.45, 2.75) is 59.9 Å². The molecule has 164 valence electrons. The summed E-state index contributed by atoms with van der Waals surface area (Å²) >= 11 is 0. The first kappa shape index (κ1) is 23.1. The Morgan fingerprint density at radius 3 is 1.83 bits per heavy atom. The standard InChI is InChI=1S/C20H31NO8/c1-18(2,3)15(23)27-9-26-14(22)12-11-7-8-20(21,13(11)12)17(25)29-10-28-16(24)19(4,5)6/h11-13H,7-10,21H2,1-6H3/t11-,12-,13-,20-/m0/s1. The lowest BCUT2D eigenvalue weighted by molar-refractivity contribution is -0.176. The smallest absolute Gasteiger partial charge is 0.329 e. The molecule has 29 heavy (non-hydrogen) atoms. The molecular formula is C20H31NO8. The summed E-state index contributed by atoms with van der Waals surface area (Å²) in [6.07, 6.45) is 0.955. The van der Waals surface area contributed by atoms with Gasteiger partial charge in [-0.15, -0.1) is 0 Å². The molecule has 4 atom stereocenters. The zero-order chi connectivity index (χ0) is 22.2. The van der Waals surface area contributed by atoms with Crippen LogP contribution in [-0.2, 0) is 38.1 Å². The number of hydrogen-bond acceptors (Lipinski definition) is 9. The van der Waals surface area contributed by atoms with Gasteiger partial charge in [-0.2, -0.15) is 0 Å². The van der Waals surface area contributed by atoms with Gasteiger partial charge in [0.1, 0.15) is 5.54 Å². The van der Waals surface area contributed by atoms with Gasteiger partial charge in [-0.1, -0.05) is 0 Å². The molecule has 2 aliphatic carbocycles. The molecule has 0 saturated heterocycles. The number of nitrogens with two attached hydrogens (primary N) is 1. The SMILES string of the molecule is CC(C)(C)C(=O)OCOC(=O)[C@H]1[C@@H]2CC[C@@](N)(C(=O)OCOC(=O)C(C)(C)C)[C@@H]21. The van der Waals surface area contributed by atoms with Crippen molar-refractivity contribution in [3.63, 3.8) is 0 Å². The predicted molar refractivity (Wildman–Crippen MR) is 99.6 cm³/mol. The van der Waals surface area contributed by atoms with Gasteiger partial charge in [0, 0.05) is 5.92 Å². The molecule has 2 fully saturated rings. The van der Waals surface area contributed by atoms with Crippen molar-refractivity contribution < 1.29 is 38.1 Å². The average Bonchev–Trinajstić information content (AvgIpc) is 3.23. The summed E-state index contributed by atoms with van der Waals surface area (Å²) in [7, 11) is 0. The van der Waals surface area contributed by atoms with Crippen LogP contribution in [0.15, 0.2) is 0 Å². The van der Waals surface area contributed by atoms with Gasteiger partial charge in [0.15, 0.2) is 0 Å². The van der Waals surface area contributed by atoms with E-state index in [0.717, 1.165) is 0 Å². The minimum absolute atomic E-state index is 0.0736. The summed E-state index contributed by atoms with van der Waals surface area (Å²) in [6, 6.07) is 0. The van der Waals surface area contributed by atoms with E-state index in [9.17, 15) is 19.2 Å². The molecule has 9 nitrogen and oxygen atoms in total. The minimum atomic E-state index is -1.33. The zero-order valence-electron chi connectivity index (χ0n) is 17.9. The van der Waals surface area contributed by atoms with E-state index in [2.05, 4.69) is 0 Å². The maximum atomic E-state index is 12.5. The second-order valence-electron chi connectivity index (χ2n) is 9.79. The van der Waals surface area contributed by atoms with E-state index in [1.165, 1.54) is 0 Å². The van der Waals surface area contributed by atoms with Crippen LogP contribution in [0.3, 0.4) is 0 Å². The van der Waals surface area contributed by atoms with E-state index < -0.39 is 65.7 Å². The number of fused-ring (bicyclic) bond motifs is 1. The topological polar surface area (TPSA) is 131 Å². The molecule has 0 spiro atoms. The van der Waals surface area contributed by atoms with Crippen molar-refractivity contribution in [2.24, 2.45) is 34.3 Å². The van der Waals surface area contributed by atoms with Gasteiger partial charge in [0.25, 0.3) is 0 Å². The summed E-state index contributed by atoms with van der Waals surface area (Å²) in [5, 5.41) is 0. The molecule has 2 rings (SSSR count). The Morgan fingerprint density at radius 1 is 0.862 bits per heavy atom. The largest absolute Gasteiger partial charge is 0.428 e. The van der Waals surface area contributed by atoms with Crippen LogP contribution in [0.5, 0.6) is 0 Å². The molecule has 2 N–H and O–H groups in total. The quantitative estimate of drug-likeness (QED) is 0.508. The number of carbonyl (C=O) groups excluding carboxylic acids is 4. The van der Waals surface area contributed by atoms with Crippen molar-refractivity contribution in [3.8, 4) is 0 Å². The molecular weight excluding hydrogens is 382 g/mol. The minimum Gasteiger partial charge on any atom is -0.428 e. The summed E-state index contributed by atoms with van der Waals surface area (Å²) in [4.78, 5) is 48.2. The lowest BCUT2D eigenvalue weighted by atomic mass is 9.91. The number of hydrogen-bond donors (Lipinski definition) is 1. The third-order valence-electron chi connectivity index (χ3n) is 5.30. The van der Waals surface area contributed by atoms with Gasteiger partial charge in [-0.05, 0) is 60.3 Å². The summed E-state index contributed by atoms with van der Waals surface area (Å²) in [5.74, 6) is -3.26. The first-order valence-electron chi connectivity index (χ1n) is 9.67. The van der Waals surface area contributed by atoms with Crippen molar-refractivity contribution in [2.75, 3.05) is 13.6 Å². The summed E-state index contributed by atoms with van der Waals surface area (Å²) in [6.45, 7) is 9.12. The molecule has 0 unspecified atom stereocenters. The Kier molecular flexibility index (Phi) is 6.32. The van der Waals surface area contributed by atoms with E-state index in [4.69, 9.17) is 24.7 Å². The van der Waals surface area contributed by atoms with Gasteiger partial charge < -0.3 is 24.7 Å². The number of carbonyl (C=O) groups is 4. The van der Waals surface area contributed by atoms with E-state index >= 15 is 0 Å². The van der Waals surface area contributed by atoms with Crippen molar-refractivity contribution in [1.82, 2.24) is 0 Å². The fraction of sp³-hybridized carbons (Fsp3) is 0.800. The van der Waals surface area contributed by atoms with Crippen molar-refractivity contribution in [1.29, 1.82) is 0 Å². The molecule has 2 aliphatic rings. The molecule has 0 heterocycles. The predicted octanol–water partition coefficient (Wildman–Crippen LogP) is 1.52. The van der Waals surface area contributed by atoms with Crippen LogP contribution in [0.1, 0.15) is 54.4 Å². The maximum Gasteiger partial charge on any atom is 0.329 e. The molecule has 0 aromatic rings. The molecule has 0 aromatic heterocycles. The molecule has 0 amide bonds. The Morgan fingerprint density at radius 2 is 1.34 bits per heavy atom. The highest BCUT2D eigenvalue weighted by Crippen LogP contribution is 2.62. The van der Waals surface area contributed by atoms with Gasteiger partial charge in [-0.3, -0.25) is 14.4 Å². The zero-order valence-corrected chi connectivity index (χ0v) is 17.9. The number of ether oxygens (including phenoxy) is 4. The van der Waals surface area contributed by atoms with Gasteiger partial charge >= 0.3 is 23.9 Å². The Balaban J connectivity index is 1.82. The van der Waals surface area contributed by atoms with E-state index in [-0.39, 0.29) is 5.92 Å². The van der Waals surface area contributed by atoms with Gasteiger partial charge in [0.05, 0.1) is 16.7 Å². The van der Waals surface area contributed by atoms with E-state index in [1.807, 2.05) is 0 Å². The first-order chi connectivity index (χ1) is 13.2. The molecule has 2 saturated carbocycles. The highest BCUT2D eigenvalue weighted by Gasteiger charge is 2.70. The average molecular weight is 413 g/mol. The van der Waals surface area contributed by atoms with Crippen LogP contribution in [0, 0.1) is 28.6 Å². The lowest BCUT2D eigenvalue weighted by Crippen LogP contribution is -2.51. The van der Waals surface area contributed by atoms with Crippen molar-refractivity contribution in [3.05, 3.63) is 0 Å². The molecule has 0 aromatic carbocycles. The highest BCUT2D eigenvalue weighted by molar-refractivity contribution is 5.87. The summed E-state index contributed by atoms with van der Waals surface area (Å²) < 4.78 is 19.9. The highest BCUT2D eigenvalue weighted by atomic mass is 16.7. The van der Waals surface area contributed by atoms with Crippen LogP contribution in [-0.4, -0.2) is 43.0 Å². The lowest BCUT2D eigenvalue weighted by Gasteiger charge is -2.25. The Hall–Kier alpha value is -2.16. The molecule has 0 aliphatic heterocycles. The normalized spacial score (nSPS) is 28.2. The fourth-order valence-electron chi connectivity index (χ4n) is 3.51. The molecule has 0 radical (unpaired) electrons. The van der Waals surface area contributed by atoms with E-state index in [1.54, 1.807) is 41.5 Å². The van der Waals surface area contributed by atoms with Crippen LogP contribution in [0.25, 0.3) is 0 Å². The number of rotatable bonds is 6. The molecule has 9 heteroatoms. The van der Waals surface area contributed by atoms with Crippen LogP contribution < -0.4 is 5.73 Å². The Labute approximate surface area is 170 Å². The van der Waals surface area contributed by atoms with Gasteiger partial charge in [-0.25, -0.2) is 4.79 Å². The summed E-state index contributed by atoms with van der Waals surface area (Å²) in [5.41, 5.74) is 3.50. The van der Waals surface area contributed by atoms with Gasteiger partial charge in [0.2, 0.25) is 13.6 Å². The first-order valence-corrected chi connectivity index (χ1v) is 9.67. The maximum absolute atomic E-state index is 12.5. The van der Waals surface area contributed by atoms with Crippen molar-refractivity contribution >= 4 is 23.9 Å². The third-order valence-corrected chi connectivity index (χ3v) is 5.30. The Bertz CT molecular complexity index is 690. The second kappa shape index (κ2) is 7.93.